The van der Waals surface area contributed by atoms with Crippen LogP contribution in [0.4, 0.5) is 0 Å². The topological polar surface area (TPSA) is 89.7 Å². The van der Waals surface area contributed by atoms with E-state index in [1.165, 1.54) is 0 Å². The number of carbonyl (C=O) groups is 1. The third-order valence-corrected chi connectivity index (χ3v) is 2.45. The number of hydrogen-bond acceptors (Lipinski definition) is 5. The fourth-order valence-electron chi connectivity index (χ4n) is 1.45. The van der Waals surface area contributed by atoms with Gasteiger partial charge in [0, 0.05) is 0 Å². The normalized spacial score (nSPS) is 11.7. The Hall–Kier alpha value is -2.37. The number of aryl methyl sites for hydroxylation is 1. The molecule has 1 rings (SSSR count). The van der Waals surface area contributed by atoms with Crippen LogP contribution in [0.25, 0.3) is 0 Å². The van der Waals surface area contributed by atoms with Crippen molar-refractivity contribution in [1.82, 2.24) is 0 Å². The van der Waals surface area contributed by atoms with Crippen molar-refractivity contribution >= 4 is 5.97 Å². The summed E-state index contributed by atoms with van der Waals surface area (Å²) >= 11 is 0. The second-order valence-electron chi connectivity index (χ2n) is 3.94. The van der Waals surface area contributed by atoms with Crippen molar-refractivity contribution in [2.45, 2.75) is 20.3 Å². The van der Waals surface area contributed by atoms with Crippen LogP contribution in [0.1, 0.15) is 18.1 Å². The molecule has 0 radical (unpaired) electrons. The monoisotopic (exact) mass is 265 g/mol. The minimum absolute atomic E-state index is 0.0401. The Morgan fingerprint density at radius 3 is 2.42 bits per heavy atom. The van der Waals surface area contributed by atoms with Gasteiger partial charge >= 0.3 is 5.97 Å². The number of nitro groups is 1. The lowest BCUT2D eigenvalue weighted by Crippen LogP contribution is -2.15. The van der Waals surface area contributed by atoms with Crippen LogP contribution >= 0.6 is 0 Å². The number of benzene rings is 1. The number of nitrogens with zero attached hydrogens (tertiary/aromatic N) is 1. The van der Waals surface area contributed by atoms with Crippen molar-refractivity contribution in [3.05, 3.63) is 57.0 Å². The highest BCUT2D eigenvalue weighted by Crippen LogP contribution is 2.14. The Labute approximate surface area is 110 Å². The number of aliphatic hydroxyl groups is 1. The van der Waals surface area contributed by atoms with Crippen LogP contribution in [-0.4, -0.2) is 22.6 Å². The third-order valence-electron chi connectivity index (χ3n) is 2.45. The number of aliphatic hydroxyl groups excluding tert-OH is 1. The van der Waals surface area contributed by atoms with Gasteiger partial charge in [0.05, 0.1) is 18.0 Å². The molecule has 0 heterocycles. The largest absolute Gasteiger partial charge is 0.497 e. The quantitative estimate of drug-likeness (QED) is 0.289. The first-order valence-corrected chi connectivity index (χ1v) is 5.74. The van der Waals surface area contributed by atoms with Crippen molar-refractivity contribution in [3.63, 3.8) is 0 Å². The Bertz CT molecular complexity index is 504. The summed E-state index contributed by atoms with van der Waals surface area (Å²) in [5.41, 5.74) is 1.08. The second kappa shape index (κ2) is 6.53. The summed E-state index contributed by atoms with van der Waals surface area (Å²) in [6, 6.07) is 7.01. The van der Waals surface area contributed by atoms with Crippen molar-refractivity contribution in [2.75, 3.05) is 6.61 Å². The van der Waals surface area contributed by atoms with Crippen LogP contribution in [0, 0.1) is 17.0 Å². The molecule has 0 aliphatic rings. The molecule has 0 amide bonds. The van der Waals surface area contributed by atoms with Crippen molar-refractivity contribution in [2.24, 2.45) is 0 Å². The van der Waals surface area contributed by atoms with E-state index in [1.807, 2.05) is 6.92 Å². The summed E-state index contributed by atoms with van der Waals surface area (Å²) in [6.45, 7) is 3.49. The lowest BCUT2D eigenvalue weighted by atomic mass is 10.1. The van der Waals surface area contributed by atoms with E-state index in [0.29, 0.717) is 5.56 Å². The molecule has 0 aliphatic carbocycles. The fourth-order valence-corrected chi connectivity index (χ4v) is 1.45. The number of allylic oxidation sites excluding steroid dienone is 1. The molecule has 0 atom stereocenters. The third kappa shape index (κ3) is 4.09. The van der Waals surface area contributed by atoms with E-state index in [4.69, 9.17) is 0 Å². The molecular weight excluding hydrogens is 250 g/mol. The number of rotatable bonds is 5. The van der Waals surface area contributed by atoms with E-state index >= 15 is 0 Å². The van der Waals surface area contributed by atoms with Crippen LogP contribution in [0.5, 0.6) is 0 Å². The van der Waals surface area contributed by atoms with Crippen LogP contribution in [0.3, 0.4) is 0 Å². The molecule has 19 heavy (non-hydrogen) atoms. The summed E-state index contributed by atoms with van der Waals surface area (Å²) < 4.78 is 4.54. The van der Waals surface area contributed by atoms with Gasteiger partial charge in [0.1, 0.15) is 0 Å². The molecule has 1 aromatic rings. The fraction of sp³-hybridized carbons (Fsp3) is 0.308. The number of carbonyl (C=O) groups excluding carboxylic acids is 1. The summed E-state index contributed by atoms with van der Waals surface area (Å²) in [5, 5.41) is 20.5. The molecular formula is C13H15NO5. The molecule has 0 unspecified atom stereocenters. The van der Waals surface area contributed by atoms with Gasteiger partial charge in [-0.2, -0.15) is 0 Å². The Morgan fingerprint density at radius 2 is 1.95 bits per heavy atom. The molecule has 0 aromatic heterocycles. The highest BCUT2D eigenvalue weighted by atomic mass is 16.6. The van der Waals surface area contributed by atoms with E-state index in [1.54, 1.807) is 31.2 Å². The first kappa shape index (κ1) is 14.7. The van der Waals surface area contributed by atoms with Crippen molar-refractivity contribution in [1.29, 1.82) is 0 Å². The summed E-state index contributed by atoms with van der Waals surface area (Å²) in [4.78, 5) is 21.4. The van der Waals surface area contributed by atoms with Crippen molar-refractivity contribution in [3.8, 4) is 0 Å². The zero-order chi connectivity index (χ0) is 14.4. The SMILES string of the molecule is CCOC(=O)/C(O)=C(/Cc1ccc(C)cc1)[N+](=O)[O-]. The maximum absolute atomic E-state index is 11.3. The second-order valence-corrected chi connectivity index (χ2v) is 3.94. The summed E-state index contributed by atoms with van der Waals surface area (Å²) in [7, 11) is 0. The number of hydrogen-bond donors (Lipinski definition) is 1. The van der Waals surface area contributed by atoms with Gasteiger partial charge in [0.2, 0.25) is 0 Å². The maximum atomic E-state index is 11.3. The van der Waals surface area contributed by atoms with Gasteiger partial charge in [0.25, 0.3) is 11.5 Å². The first-order chi connectivity index (χ1) is 8.95. The first-order valence-electron chi connectivity index (χ1n) is 5.74. The molecule has 6 heteroatoms. The predicted molar refractivity (Wildman–Crippen MR) is 68.2 cm³/mol. The molecule has 0 aliphatic heterocycles. The summed E-state index contributed by atoms with van der Waals surface area (Å²) in [5.74, 6) is -2.03. The van der Waals surface area contributed by atoms with Gasteiger partial charge in [0.15, 0.2) is 0 Å². The van der Waals surface area contributed by atoms with Gasteiger partial charge in [-0.05, 0) is 19.4 Å². The average molecular weight is 265 g/mol. The van der Waals surface area contributed by atoms with E-state index in [-0.39, 0.29) is 13.0 Å². The predicted octanol–water partition coefficient (Wildman–Crippen LogP) is 2.15. The minimum Gasteiger partial charge on any atom is -0.497 e. The van der Waals surface area contributed by atoms with Crippen LogP contribution < -0.4 is 0 Å². The van der Waals surface area contributed by atoms with Crippen molar-refractivity contribution < 1.29 is 19.6 Å². The smallest absolute Gasteiger partial charge is 0.380 e. The van der Waals surface area contributed by atoms with E-state index in [9.17, 15) is 20.0 Å². The van der Waals surface area contributed by atoms with E-state index in [0.717, 1.165) is 5.56 Å². The number of esters is 1. The lowest BCUT2D eigenvalue weighted by molar-refractivity contribution is -0.429. The zero-order valence-electron chi connectivity index (χ0n) is 10.8. The Morgan fingerprint density at radius 1 is 1.37 bits per heavy atom. The molecule has 1 aromatic carbocycles. The van der Waals surface area contributed by atoms with Gasteiger partial charge in [-0.3, -0.25) is 10.1 Å². The van der Waals surface area contributed by atoms with Gasteiger partial charge in [-0.25, -0.2) is 4.79 Å². The minimum atomic E-state index is -1.08. The van der Waals surface area contributed by atoms with Crippen LogP contribution in [0.2, 0.25) is 0 Å². The molecule has 0 saturated carbocycles. The molecule has 102 valence electrons. The molecule has 1 N–H and O–H groups in total. The Kier molecular flexibility index (Phi) is 5.05. The molecule has 0 bridgehead atoms. The van der Waals surface area contributed by atoms with E-state index < -0.39 is 22.3 Å². The Balaban J connectivity index is 3.01. The molecule has 6 nitrogen and oxygen atoms in total. The standard InChI is InChI=1S/C13H15NO5/c1-3-19-13(16)12(15)11(14(17)18)8-10-6-4-9(2)5-7-10/h4-7,15H,3,8H2,1-2H3/b12-11+. The molecule has 0 fully saturated rings. The van der Waals surface area contributed by atoms with Crippen LogP contribution in [-0.2, 0) is 16.0 Å². The summed E-state index contributed by atoms with van der Waals surface area (Å²) in [6.07, 6.45) is -0.141. The molecule has 0 saturated heterocycles. The highest BCUT2D eigenvalue weighted by molar-refractivity contribution is 5.86. The zero-order valence-corrected chi connectivity index (χ0v) is 10.8. The van der Waals surface area contributed by atoms with Gasteiger partial charge < -0.3 is 9.84 Å². The van der Waals surface area contributed by atoms with E-state index in [2.05, 4.69) is 4.74 Å². The maximum Gasteiger partial charge on any atom is 0.380 e. The lowest BCUT2D eigenvalue weighted by Gasteiger charge is -2.04. The van der Waals surface area contributed by atoms with Gasteiger partial charge in [-0.1, -0.05) is 29.8 Å². The van der Waals surface area contributed by atoms with Crippen LogP contribution in [0.15, 0.2) is 35.7 Å². The average Bonchev–Trinajstić information content (AvgIpc) is 2.37. The van der Waals surface area contributed by atoms with Gasteiger partial charge in [-0.15, -0.1) is 0 Å². The highest BCUT2D eigenvalue weighted by Gasteiger charge is 2.25. The molecule has 0 spiro atoms. The number of ether oxygens (including phenoxy) is 1.